The molecule has 0 aromatic heterocycles. The fraction of sp³-hybridized carbons (Fsp3) is 0.300. The van der Waals surface area contributed by atoms with Crippen molar-refractivity contribution in [2.45, 2.75) is 18.9 Å². The molecule has 86 valence electrons. The summed E-state index contributed by atoms with van der Waals surface area (Å²) in [5.74, 6) is 5.38. The van der Waals surface area contributed by atoms with Crippen molar-refractivity contribution in [2.24, 2.45) is 10.8 Å². The molecule has 0 aliphatic heterocycles. The van der Waals surface area contributed by atoms with E-state index in [-0.39, 0.29) is 5.82 Å². The molecule has 0 unspecified atom stereocenters. The molecule has 1 aliphatic carbocycles. The summed E-state index contributed by atoms with van der Waals surface area (Å²) in [7, 11) is 0. The fourth-order valence-electron chi connectivity index (χ4n) is 1.21. The molecule has 1 fully saturated rings. The SMILES string of the molecule is NNC(=NC1CC1)Nc1ccc(F)cc1Cl. The Hall–Kier alpha value is -1.33. The van der Waals surface area contributed by atoms with E-state index in [1.54, 1.807) is 0 Å². The van der Waals surface area contributed by atoms with Crippen LogP contribution in [0.2, 0.25) is 5.02 Å². The second-order valence-electron chi connectivity index (χ2n) is 3.60. The standard InChI is InChI=1S/C10H12ClFN4/c11-8-5-6(12)1-4-9(8)15-10(16-13)14-7-2-3-7/h1,4-5,7H,2-3,13H2,(H2,14,15,16). The normalized spacial score (nSPS) is 16.1. The summed E-state index contributed by atoms with van der Waals surface area (Å²) in [6, 6.07) is 4.42. The lowest BCUT2D eigenvalue weighted by molar-refractivity contribution is 0.628. The number of guanidine groups is 1. The van der Waals surface area contributed by atoms with E-state index in [0.717, 1.165) is 12.8 Å². The minimum absolute atomic E-state index is 0.291. The predicted molar refractivity (Wildman–Crippen MR) is 62.8 cm³/mol. The third-order valence-electron chi connectivity index (χ3n) is 2.18. The van der Waals surface area contributed by atoms with Crippen LogP contribution in [0.15, 0.2) is 23.2 Å². The van der Waals surface area contributed by atoms with Crippen LogP contribution in [-0.2, 0) is 0 Å². The number of aliphatic imine (C=N–C) groups is 1. The number of nitrogens with one attached hydrogen (secondary N) is 2. The van der Waals surface area contributed by atoms with Crippen LogP contribution in [-0.4, -0.2) is 12.0 Å². The van der Waals surface area contributed by atoms with Crippen molar-refractivity contribution < 1.29 is 4.39 Å². The van der Waals surface area contributed by atoms with Gasteiger partial charge in [-0.1, -0.05) is 11.6 Å². The van der Waals surface area contributed by atoms with Gasteiger partial charge >= 0.3 is 0 Å². The number of halogens is 2. The molecule has 1 aromatic carbocycles. The highest BCUT2D eigenvalue weighted by molar-refractivity contribution is 6.33. The summed E-state index contributed by atoms with van der Waals surface area (Å²) in [4.78, 5) is 4.28. The average Bonchev–Trinajstić information content (AvgIpc) is 3.04. The Morgan fingerprint density at radius 3 is 2.81 bits per heavy atom. The highest BCUT2D eigenvalue weighted by atomic mass is 35.5. The smallest absolute Gasteiger partial charge is 0.210 e. The third-order valence-corrected chi connectivity index (χ3v) is 2.49. The van der Waals surface area contributed by atoms with Crippen molar-refractivity contribution in [1.82, 2.24) is 5.43 Å². The first-order valence-electron chi connectivity index (χ1n) is 4.95. The van der Waals surface area contributed by atoms with Gasteiger partial charge in [-0.3, -0.25) is 5.43 Å². The maximum atomic E-state index is 12.8. The molecule has 4 nitrogen and oxygen atoms in total. The molecule has 6 heteroatoms. The van der Waals surface area contributed by atoms with Gasteiger partial charge in [-0.05, 0) is 31.0 Å². The molecule has 4 N–H and O–H groups in total. The van der Waals surface area contributed by atoms with E-state index in [0.29, 0.717) is 22.7 Å². The molecule has 0 saturated heterocycles. The molecule has 1 aromatic rings. The van der Waals surface area contributed by atoms with Crippen molar-refractivity contribution in [3.05, 3.63) is 29.0 Å². The van der Waals surface area contributed by atoms with Gasteiger partial charge in [-0.15, -0.1) is 0 Å². The average molecular weight is 243 g/mol. The van der Waals surface area contributed by atoms with Gasteiger partial charge in [0.2, 0.25) is 5.96 Å². The van der Waals surface area contributed by atoms with Crippen LogP contribution in [0.5, 0.6) is 0 Å². The zero-order chi connectivity index (χ0) is 11.5. The molecule has 1 saturated carbocycles. The lowest BCUT2D eigenvalue weighted by atomic mass is 10.3. The van der Waals surface area contributed by atoms with Crippen LogP contribution in [0.3, 0.4) is 0 Å². The third kappa shape index (κ3) is 2.84. The molecule has 0 spiro atoms. The summed E-state index contributed by atoms with van der Waals surface area (Å²) < 4.78 is 12.8. The van der Waals surface area contributed by atoms with E-state index in [4.69, 9.17) is 17.4 Å². The van der Waals surface area contributed by atoms with Crippen LogP contribution in [0.25, 0.3) is 0 Å². The Bertz CT molecular complexity index is 417. The van der Waals surface area contributed by atoms with Crippen molar-refractivity contribution in [3.8, 4) is 0 Å². The second kappa shape index (κ2) is 4.67. The number of benzene rings is 1. The summed E-state index contributed by atoms with van der Waals surface area (Å²) >= 11 is 5.86. The quantitative estimate of drug-likeness (QED) is 0.321. The van der Waals surface area contributed by atoms with Gasteiger partial charge in [0.25, 0.3) is 0 Å². The first kappa shape index (κ1) is 11.2. The van der Waals surface area contributed by atoms with Gasteiger partial charge in [-0.2, -0.15) is 0 Å². The van der Waals surface area contributed by atoms with E-state index < -0.39 is 0 Å². The second-order valence-corrected chi connectivity index (χ2v) is 4.01. The van der Waals surface area contributed by atoms with Gasteiger partial charge in [-0.25, -0.2) is 15.2 Å². The van der Waals surface area contributed by atoms with Gasteiger partial charge in [0.15, 0.2) is 0 Å². The maximum absolute atomic E-state index is 12.8. The van der Waals surface area contributed by atoms with E-state index in [2.05, 4.69) is 15.7 Å². The Balaban J connectivity index is 2.12. The predicted octanol–water partition coefficient (Wildman–Crippen LogP) is 1.87. The Labute approximate surface area is 97.7 Å². The molecule has 2 rings (SSSR count). The van der Waals surface area contributed by atoms with Crippen LogP contribution >= 0.6 is 11.6 Å². The molecular weight excluding hydrogens is 231 g/mol. The van der Waals surface area contributed by atoms with Crippen molar-refractivity contribution in [2.75, 3.05) is 5.32 Å². The minimum atomic E-state index is -0.378. The monoisotopic (exact) mass is 242 g/mol. The highest BCUT2D eigenvalue weighted by Gasteiger charge is 2.21. The highest BCUT2D eigenvalue weighted by Crippen LogP contribution is 2.25. The van der Waals surface area contributed by atoms with Crippen molar-refractivity contribution in [3.63, 3.8) is 0 Å². The molecule has 0 amide bonds. The Morgan fingerprint density at radius 1 is 1.50 bits per heavy atom. The fourth-order valence-corrected chi connectivity index (χ4v) is 1.42. The van der Waals surface area contributed by atoms with Gasteiger partial charge < -0.3 is 5.32 Å². The van der Waals surface area contributed by atoms with E-state index in [1.165, 1.54) is 18.2 Å². The first-order chi connectivity index (χ1) is 7.69. The molecule has 0 radical (unpaired) electrons. The molecule has 0 atom stereocenters. The summed E-state index contributed by atoms with van der Waals surface area (Å²) in [6.07, 6.45) is 2.15. The number of hydrogen-bond acceptors (Lipinski definition) is 2. The largest absolute Gasteiger partial charge is 0.324 e. The number of nitrogens with zero attached hydrogens (tertiary/aromatic N) is 1. The van der Waals surface area contributed by atoms with Gasteiger partial charge in [0.05, 0.1) is 16.8 Å². The summed E-state index contributed by atoms with van der Waals surface area (Å²) in [5.41, 5.74) is 3.02. The number of hydrogen-bond donors (Lipinski definition) is 3. The molecule has 0 heterocycles. The topological polar surface area (TPSA) is 62.4 Å². The van der Waals surface area contributed by atoms with Crippen molar-refractivity contribution in [1.29, 1.82) is 0 Å². The number of nitrogens with two attached hydrogens (primary N) is 1. The lowest BCUT2D eigenvalue weighted by Gasteiger charge is -2.10. The van der Waals surface area contributed by atoms with Crippen LogP contribution in [0, 0.1) is 5.82 Å². The Morgan fingerprint density at radius 2 is 2.25 bits per heavy atom. The first-order valence-corrected chi connectivity index (χ1v) is 5.33. The summed E-state index contributed by atoms with van der Waals surface area (Å²) in [5, 5.41) is 3.20. The lowest BCUT2D eigenvalue weighted by Crippen LogP contribution is -2.36. The zero-order valence-electron chi connectivity index (χ0n) is 8.50. The van der Waals surface area contributed by atoms with Crippen LogP contribution in [0.1, 0.15) is 12.8 Å². The molecule has 1 aliphatic rings. The molecule has 16 heavy (non-hydrogen) atoms. The molecule has 0 bridgehead atoms. The number of anilines is 1. The van der Waals surface area contributed by atoms with Gasteiger partial charge in [0, 0.05) is 0 Å². The summed E-state index contributed by atoms with van der Waals surface area (Å²) in [6.45, 7) is 0. The van der Waals surface area contributed by atoms with Crippen LogP contribution < -0.4 is 16.6 Å². The Kier molecular flexibility index (Phi) is 3.26. The van der Waals surface area contributed by atoms with E-state index >= 15 is 0 Å². The van der Waals surface area contributed by atoms with Crippen molar-refractivity contribution >= 4 is 23.2 Å². The maximum Gasteiger partial charge on any atom is 0.210 e. The van der Waals surface area contributed by atoms with Gasteiger partial charge in [0.1, 0.15) is 5.82 Å². The number of rotatable bonds is 2. The van der Waals surface area contributed by atoms with Crippen LogP contribution in [0.4, 0.5) is 10.1 Å². The molecular formula is C10H12ClFN4. The van der Waals surface area contributed by atoms with E-state index in [9.17, 15) is 4.39 Å². The number of hydrazine groups is 1. The van der Waals surface area contributed by atoms with E-state index in [1.807, 2.05) is 0 Å². The zero-order valence-corrected chi connectivity index (χ0v) is 9.26. The minimum Gasteiger partial charge on any atom is -0.324 e.